The van der Waals surface area contributed by atoms with Crippen molar-refractivity contribution >= 4 is 43.8 Å². The summed E-state index contributed by atoms with van der Waals surface area (Å²) in [7, 11) is 0. The second-order valence-electron chi connectivity index (χ2n) is 2.62. The Labute approximate surface area is 85.2 Å². The minimum absolute atomic E-state index is 0.295. The lowest BCUT2D eigenvalue weighted by Crippen LogP contribution is -2.56. The van der Waals surface area contributed by atoms with Crippen molar-refractivity contribution < 1.29 is 19.8 Å². The minimum atomic E-state index is -1.07. The number of carboxylic acids is 2. The smallest absolute Gasteiger partial charge is 0.308 e. The minimum Gasteiger partial charge on any atom is -0.481 e. The molecule has 0 amide bonds. The van der Waals surface area contributed by atoms with E-state index in [1.54, 1.807) is 0 Å². The Hall–Kier alpha value is -0.100. The van der Waals surface area contributed by atoms with E-state index in [0.717, 1.165) is 0 Å². The number of carbonyl (C=O) groups is 2. The molecule has 0 heterocycles. The highest BCUT2D eigenvalue weighted by Gasteiger charge is 2.55. The van der Waals surface area contributed by atoms with Gasteiger partial charge in [0.05, 0.1) is 11.8 Å². The maximum absolute atomic E-state index is 10.5. The largest absolute Gasteiger partial charge is 0.481 e. The molecule has 1 fully saturated rings. The summed E-state index contributed by atoms with van der Waals surface area (Å²) in [6, 6.07) is 0. The molecule has 0 aliphatic heterocycles. The van der Waals surface area contributed by atoms with Crippen molar-refractivity contribution in [1.82, 2.24) is 0 Å². The highest BCUT2D eigenvalue weighted by atomic mass is 79.9. The van der Waals surface area contributed by atoms with E-state index < -0.39 is 23.8 Å². The lowest BCUT2D eigenvalue weighted by molar-refractivity contribution is -0.158. The molecule has 1 aliphatic carbocycles. The van der Waals surface area contributed by atoms with E-state index in [1.807, 2.05) is 0 Å². The van der Waals surface area contributed by atoms with Gasteiger partial charge in [-0.15, -0.1) is 0 Å². The van der Waals surface area contributed by atoms with Gasteiger partial charge in [-0.3, -0.25) is 9.59 Å². The highest BCUT2D eigenvalue weighted by Crippen LogP contribution is 2.45. The van der Waals surface area contributed by atoms with E-state index in [4.69, 9.17) is 10.2 Å². The van der Waals surface area contributed by atoms with Crippen molar-refractivity contribution in [3.63, 3.8) is 0 Å². The molecule has 4 atom stereocenters. The molecule has 0 radical (unpaired) electrons. The normalized spacial score (nSPS) is 40.2. The van der Waals surface area contributed by atoms with Crippen LogP contribution in [-0.4, -0.2) is 31.8 Å². The molecule has 4 nitrogen and oxygen atoms in total. The van der Waals surface area contributed by atoms with Gasteiger partial charge in [-0.2, -0.15) is 0 Å². The zero-order valence-corrected chi connectivity index (χ0v) is 8.95. The average molecular weight is 302 g/mol. The van der Waals surface area contributed by atoms with Gasteiger partial charge in [0.2, 0.25) is 0 Å². The van der Waals surface area contributed by atoms with E-state index in [9.17, 15) is 9.59 Å². The third kappa shape index (κ3) is 1.37. The van der Waals surface area contributed by atoms with Crippen molar-refractivity contribution in [2.24, 2.45) is 11.8 Å². The molecule has 0 bridgehead atoms. The Balaban J connectivity index is 2.75. The van der Waals surface area contributed by atoms with Crippen LogP contribution in [0, 0.1) is 11.8 Å². The summed E-state index contributed by atoms with van der Waals surface area (Å²) in [6.07, 6.45) is 0. The van der Waals surface area contributed by atoms with E-state index in [2.05, 4.69) is 31.9 Å². The fraction of sp³-hybridized carbons (Fsp3) is 0.667. The Morgan fingerprint density at radius 3 is 1.33 bits per heavy atom. The summed E-state index contributed by atoms with van der Waals surface area (Å²) in [5.41, 5.74) is 0. The first kappa shape index (κ1) is 9.98. The molecule has 1 saturated carbocycles. The van der Waals surface area contributed by atoms with Gasteiger partial charge >= 0.3 is 11.9 Å². The SMILES string of the molecule is O=C(O)C1C(Br)C(Br)C1C(=O)O. The first-order valence-electron chi connectivity index (χ1n) is 3.20. The van der Waals surface area contributed by atoms with Crippen LogP contribution in [0.15, 0.2) is 0 Å². The van der Waals surface area contributed by atoms with E-state index in [0.29, 0.717) is 0 Å². The molecule has 0 aromatic rings. The van der Waals surface area contributed by atoms with Crippen LogP contribution in [0.5, 0.6) is 0 Å². The fourth-order valence-corrected chi connectivity index (χ4v) is 2.99. The molecule has 1 rings (SSSR count). The molecule has 0 aromatic heterocycles. The van der Waals surface area contributed by atoms with Gasteiger partial charge in [-0.05, 0) is 0 Å². The predicted molar refractivity (Wildman–Crippen MR) is 47.7 cm³/mol. The fourth-order valence-electron chi connectivity index (χ4n) is 1.23. The van der Waals surface area contributed by atoms with Gasteiger partial charge < -0.3 is 10.2 Å². The second-order valence-corrected chi connectivity index (χ2v) is 4.73. The molecule has 1 aliphatic rings. The number of hydrogen-bond donors (Lipinski definition) is 2. The van der Waals surface area contributed by atoms with Gasteiger partial charge in [-0.25, -0.2) is 0 Å². The molecule has 12 heavy (non-hydrogen) atoms. The monoisotopic (exact) mass is 300 g/mol. The van der Waals surface area contributed by atoms with E-state index >= 15 is 0 Å². The third-order valence-electron chi connectivity index (χ3n) is 1.95. The van der Waals surface area contributed by atoms with Crippen LogP contribution >= 0.6 is 31.9 Å². The number of halogens is 2. The Kier molecular flexibility index (Phi) is 2.77. The van der Waals surface area contributed by atoms with Crippen molar-refractivity contribution in [3.05, 3.63) is 0 Å². The Bertz CT molecular complexity index is 206. The zero-order valence-electron chi connectivity index (χ0n) is 5.78. The number of carboxylic acid groups (broad SMARTS) is 2. The van der Waals surface area contributed by atoms with E-state index in [1.165, 1.54) is 0 Å². The molecular weight excluding hydrogens is 296 g/mol. The van der Waals surface area contributed by atoms with Gasteiger partial charge in [0, 0.05) is 9.65 Å². The summed E-state index contributed by atoms with van der Waals surface area (Å²) in [4.78, 5) is 20.5. The maximum atomic E-state index is 10.5. The van der Waals surface area contributed by atoms with Crippen molar-refractivity contribution in [1.29, 1.82) is 0 Å². The molecule has 0 spiro atoms. The first-order valence-corrected chi connectivity index (χ1v) is 5.03. The number of rotatable bonds is 2. The van der Waals surface area contributed by atoms with Crippen LogP contribution in [0.25, 0.3) is 0 Å². The van der Waals surface area contributed by atoms with Gasteiger partial charge in [0.15, 0.2) is 0 Å². The van der Waals surface area contributed by atoms with Crippen LogP contribution in [0.1, 0.15) is 0 Å². The number of aliphatic carboxylic acids is 2. The van der Waals surface area contributed by atoms with Crippen LogP contribution < -0.4 is 0 Å². The standard InChI is InChI=1S/C6H6Br2O4/c7-3-1(5(9)10)2(4(3)8)6(11)12/h1-4H,(H,9,10)(H,11,12). The Morgan fingerprint density at radius 2 is 1.17 bits per heavy atom. The zero-order chi connectivity index (χ0) is 9.46. The predicted octanol–water partition coefficient (Wildman–Crippen LogP) is 0.929. The van der Waals surface area contributed by atoms with Gasteiger partial charge in [0.1, 0.15) is 0 Å². The topological polar surface area (TPSA) is 74.6 Å². The van der Waals surface area contributed by atoms with Crippen LogP contribution in [0.4, 0.5) is 0 Å². The second kappa shape index (κ2) is 3.33. The summed E-state index contributed by atoms with van der Waals surface area (Å²) in [6.45, 7) is 0. The Morgan fingerprint density at radius 1 is 0.917 bits per heavy atom. The number of alkyl halides is 2. The average Bonchev–Trinajstić information content (AvgIpc) is 1.96. The van der Waals surface area contributed by atoms with Crippen molar-refractivity contribution in [3.8, 4) is 0 Å². The molecule has 6 heteroatoms. The summed E-state index contributed by atoms with van der Waals surface area (Å²) in [5, 5.41) is 17.3. The molecule has 0 aromatic carbocycles. The molecule has 4 unspecified atom stereocenters. The quantitative estimate of drug-likeness (QED) is 0.744. The molecule has 0 saturated heterocycles. The number of hydrogen-bond acceptors (Lipinski definition) is 2. The molecule has 68 valence electrons. The highest BCUT2D eigenvalue weighted by molar-refractivity contribution is 9.12. The van der Waals surface area contributed by atoms with E-state index in [-0.39, 0.29) is 9.65 Å². The molecular formula is C6H6Br2O4. The lowest BCUT2D eigenvalue weighted by atomic mass is 9.73. The van der Waals surface area contributed by atoms with Crippen LogP contribution in [0.3, 0.4) is 0 Å². The first-order chi connectivity index (χ1) is 5.46. The van der Waals surface area contributed by atoms with Crippen molar-refractivity contribution in [2.75, 3.05) is 0 Å². The van der Waals surface area contributed by atoms with Gasteiger partial charge in [0.25, 0.3) is 0 Å². The van der Waals surface area contributed by atoms with Gasteiger partial charge in [-0.1, -0.05) is 31.9 Å². The van der Waals surface area contributed by atoms with Crippen LogP contribution in [0.2, 0.25) is 0 Å². The maximum Gasteiger partial charge on any atom is 0.308 e. The molecule has 2 N–H and O–H groups in total. The summed E-state index contributed by atoms with van der Waals surface area (Å²) < 4.78 is 0. The summed E-state index contributed by atoms with van der Waals surface area (Å²) in [5.74, 6) is -3.79. The lowest BCUT2D eigenvalue weighted by Gasteiger charge is -2.41. The van der Waals surface area contributed by atoms with Crippen LogP contribution in [-0.2, 0) is 9.59 Å². The third-order valence-corrected chi connectivity index (χ3v) is 4.94. The summed E-state index contributed by atoms with van der Waals surface area (Å²) >= 11 is 6.22. The van der Waals surface area contributed by atoms with Crippen molar-refractivity contribution in [2.45, 2.75) is 9.65 Å².